The van der Waals surface area contributed by atoms with Crippen molar-refractivity contribution in [3.8, 4) is 0 Å². The molecule has 1 aromatic heterocycles. The van der Waals surface area contributed by atoms with Gasteiger partial charge in [0.05, 0.1) is 5.25 Å². The molecule has 0 saturated carbocycles. The maximum atomic E-state index is 12.8. The van der Waals surface area contributed by atoms with Gasteiger partial charge < -0.3 is 9.73 Å². The first-order chi connectivity index (χ1) is 13.2. The average molecular weight is 386 g/mol. The van der Waals surface area contributed by atoms with Crippen molar-refractivity contribution in [2.24, 2.45) is 0 Å². The fourth-order valence-corrected chi connectivity index (χ4v) is 5.07. The zero-order valence-corrected chi connectivity index (χ0v) is 16.6. The largest absolute Gasteiger partial charge is 0.416 e. The molecule has 1 aliphatic carbocycles. The van der Waals surface area contributed by atoms with Crippen LogP contribution in [-0.4, -0.2) is 33.8 Å². The minimum absolute atomic E-state index is 0.126. The molecule has 144 valence electrons. The molecule has 0 bridgehead atoms. The number of rotatable bonds is 6. The number of hydrogen-bond donors (Lipinski definition) is 1. The summed E-state index contributed by atoms with van der Waals surface area (Å²) < 4.78 is 5.98. The predicted octanol–water partition coefficient (Wildman–Crippen LogP) is 4.39. The maximum Gasteiger partial charge on any atom is 0.277 e. The molecule has 1 aromatic carbocycles. The van der Waals surface area contributed by atoms with E-state index in [0.29, 0.717) is 17.2 Å². The van der Waals surface area contributed by atoms with Crippen molar-refractivity contribution in [3.63, 3.8) is 0 Å². The Morgan fingerprint density at radius 1 is 1.26 bits per heavy atom. The van der Waals surface area contributed by atoms with Crippen LogP contribution in [0.25, 0.3) is 0 Å². The summed E-state index contributed by atoms with van der Waals surface area (Å²) in [6, 6.07) is 8.44. The maximum absolute atomic E-state index is 12.8. The van der Waals surface area contributed by atoms with Crippen molar-refractivity contribution in [2.75, 3.05) is 6.54 Å². The van der Waals surface area contributed by atoms with E-state index >= 15 is 0 Å². The van der Waals surface area contributed by atoms with Crippen LogP contribution in [0, 0.1) is 0 Å². The molecule has 1 aliphatic heterocycles. The van der Waals surface area contributed by atoms with Gasteiger partial charge in [0.15, 0.2) is 5.78 Å². The molecule has 2 aromatic rings. The fourth-order valence-electron chi connectivity index (χ4n) is 4.14. The van der Waals surface area contributed by atoms with Crippen LogP contribution in [0.4, 0.5) is 0 Å². The lowest BCUT2D eigenvalue weighted by Crippen LogP contribution is -2.37. The number of nitrogens with zero attached hydrogens (tertiary/aromatic N) is 2. The minimum atomic E-state index is -0.126. The number of unbranched alkanes of at least 4 members (excludes halogenated alkanes) is 1. The number of hydrogen-bond acceptors (Lipinski definition) is 6. The van der Waals surface area contributed by atoms with Gasteiger partial charge in [-0.2, -0.15) is 0 Å². The molecule has 0 radical (unpaired) electrons. The van der Waals surface area contributed by atoms with E-state index in [1.54, 1.807) is 0 Å². The van der Waals surface area contributed by atoms with Crippen molar-refractivity contribution in [3.05, 3.63) is 41.3 Å². The van der Waals surface area contributed by atoms with Crippen molar-refractivity contribution < 1.29 is 9.21 Å². The standard InChI is InChI=1S/C21H27N3O2S/c1-2-3-7-16-13-15(11-12-22-16)20-23-24-21(26-20)27-18-10-9-14-6-4-5-8-17(14)19(18)25/h4-6,8,15-16,18,22H,2-3,7,9-13H2,1H3. The number of nitrogens with one attached hydrogen (secondary N) is 1. The topological polar surface area (TPSA) is 68.0 Å². The predicted molar refractivity (Wildman–Crippen MR) is 106 cm³/mol. The molecule has 3 unspecified atom stereocenters. The van der Waals surface area contributed by atoms with E-state index in [9.17, 15) is 4.79 Å². The van der Waals surface area contributed by atoms with E-state index in [1.165, 1.54) is 31.0 Å². The molecule has 27 heavy (non-hydrogen) atoms. The van der Waals surface area contributed by atoms with Gasteiger partial charge in [0, 0.05) is 17.5 Å². The number of thioether (sulfide) groups is 1. The molecule has 0 spiro atoms. The van der Waals surface area contributed by atoms with E-state index in [2.05, 4.69) is 22.4 Å². The van der Waals surface area contributed by atoms with E-state index in [-0.39, 0.29) is 11.0 Å². The van der Waals surface area contributed by atoms with Crippen molar-refractivity contribution >= 4 is 17.5 Å². The second kappa shape index (κ2) is 8.57. The third-order valence-corrected chi connectivity index (χ3v) is 6.77. The first-order valence-corrected chi connectivity index (χ1v) is 11.0. The van der Waals surface area contributed by atoms with E-state index in [0.717, 1.165) is 49.2 Å². The highest BCUT2D eigenvalue weighted by molar-refractivity contribution is 8.00. The molecule has 4 rings (SSSR count). The van der Waals surface area contributed by atoms with Gasteiger partial charge in [-0.25, -0.2) is 0 Å². The highest BCUT2D eigenvalue weighted by atomic mass is 32.2. The van der Waals surface area contributed by atoms with Crippen LogP contribution in [-0.2, 0) is 6.42 Å². The van der Waals surface area contributed by atoms with Gasteiger partial charge >= 0.3 is 0 Å². The van der Waals surface area contributed by atoms with Crippen molar-refractivity contribution in [1.82, 2.24) is 15.5 Å². The molecule has 3 atom stereocenters. The van der Waals surface area contributed by atoms with Gasteiger partial charge in [0.2, 0.25) is 5.89 Å². The quantitative estimate of drug-likeness (QED) is 0.796. The summed E-state index contributed by atoms with van der Waals surface area (Å²) in [5, 5.41) is 12.6. The second-order valence-corrected chi connectivity index (χ2v) is 8.74. The molecule has 1 N–H and O–H groups in total. The lowest BCUT2D eigenvalue weighted by atomic mass is 9.90. The van der Waals surface area contributed by atoms with Crippen LogP contribution in [0.1, 0.15) is 73.2 Å². The zero-order valence-electron chi connectivity index (χ0n) is 15.8. The van der Waals surface area contributed by atoms with Crippen LogP contribution >= 0.6 is 11.8 Å². The molecular weight excluding hydrogens is 358 g/mol. The number of ketones is 1. The highest BCUT2D eigenvalue weighted by Crippen LogP contribution is 2.35. The van der Waals surface area contributed by atoms with Gasteiger partial charge in [-0.05, 0) is 44.2 Å². The van der Waals surface area contributed by atoms with E-state index in [4.69, 9.17) is 4.42 Å². The Balaban J connectivity index is 1.39. The molecule has 2 heterocycles. The Kier molecular flexibility index (Phi) is 5.93. The van der Waals surface area contributed by atoms with E-state index in [1.807, 2.05) is 24.3 Å². The number of aryl methyl sites for hydroxylation is 1. The average Bonchev–Trinajstić information content (AvgIpc) is 3.18. The second-order valence-electron chi connectivity index (χ2n) is 7.59. The summed E-state index contributed by atoms with van der Waals surface area (Å²) in [5.41, 5.74) is 2.00. The van der Waals surface area contributed by atoms with Gasteiger partial charge in [0.25, 0.3) is 5.22 Å². The third kappa shape index (κ3) is 4.27. The SMILES string of the molecule is CCCCC1CC(c2nnc(SC3CCc4ccccc4C3=O)o2)CCN1. The summed E-state index contributed by atoms with van der Waals surface area (Å²) in [6.07, 6.45) is 7.52. The Bertz CT molecular complexity index is 791. The molecular formula is C21H27N3O2S. The van der Waals surface area contributed by atoms with Crippen molar-refractivity contribution in [1.29, 1.82) is 0 Å². The third-order valence-electron chi connectivity index (χ3n) is 5.67. The summed E-state index contributed by atoms with van der Waals surface area (Å²) in [5.74, 6) is 1.25. The minimum Gasteiger partial charge on any atom is -0.416 e. The lowest BCUT2D eigenvalue weighted by Gasteiger charge is -2.28. The monoisotopic (exact) mass is 385 g/mol. The number of benzene rings is 1. The summed E-state index contributed by atoms with van der Waals surface area (Å²) >= 11 is 1.43. The van der Waals surface area contributed by atoms with Crippen LogP contribution in [0.15, 0.2) is 33.9 Å². The highest BCUT2D eigenvalue weighted by Gasteiger charge is 2.31. The number of aromatic nitrogens is 2. The molecule has 5 nitrogen and oxygen atoms in total. The van der Waals surface area contributed by atoms with Crippen LogP contribution in [0.2, 0.25) is 0 Å². The Morgan fingerprint density at radius 2 is 2.15 bits per heavy atom. The number of Topliss-reactive ketones (excluding diaryl/α,β-unsaturated/α-hetero) is 1. The Labute approximate surface area is 164 Å². The van der Waals surface area contributed by atoms with Crippen LogP contribution < -0.4 is 5.32 Å². The normalized spacial score (nSPS) is 25.4. The number of carbonyl (C=O) groups is 1. The van der Waals surface area contributed by atoms with Gasteiger partial charge in [-0.3, -0.25) is 4.79 Å². The van der Waals surface area contributed by atoms with Gasteiger partial charge in [-0.15, -0.1) is 10.2 Å². The summed E-state index contributed by atoms with van der Waals surface area (Å²) in [4.78, 5) is 12.8. The van der Waals surface area contributed by atoms with Crippen LogP contribution in [0.3, 0.4) is 0 Å². The molecule has 1 saturated heterocycles. The van der Waals surface area contributed by atoms with Gasteiger partial charge in [0.1, 0.15) is 0 Å². The smallest absolute Gasteiger partial charge is 0.277 e. The lowest BCUT2D eigenvalue weighted by molar-refractivity contribution is 0.0979. The first-order valence-electron chi connectivity index (χ1n) is 10.1. The zero-order chi connectivity index (χ0) is 18.6. The van der Waals surface area contributed by atoms with E-state index < -0.39 is 0 Å². The molecule has 1 fully saturated rings. The number of piperidine rings is 1. The summed E-state index contributed by atoms with van der Waals surface area (Å²) in [6.45, 7) is 3.23. The Hall–Kier alpha value is -1.66. The molecule has 6 heteroatoms. The molecule has 2 aliphatic rings. The Morgan fingerprint density at radius 3 is 3.04 bits per heavy atom. The van der Waals surface area contributed by atoms with Crippen molar-refractivity contribution in [2.45, 2.75) is 74.3 Å². The number of carbonyl (C=O) groups excluding carboxylic acids is 1. The van der Waals surface area contributed by atoms with Gasteiger partial charge in [-0.1, -0.05) is 55.8 Å². The fraction of sp³-hybridized carbons (Fsp3) is 0.571. The number of fused-ring (bicyclic) bond motifs is 1. The summed E-state index contributed by atoms with van der Waals surface area (Å²) in [7, 11) is 0. The molecule has 0 amide bonds. The van der Waals surface area contributed by atoms with Crippen LogP contribution in [0.5, 0.6) is 0 Å². The first kappa shape index (κ1) is 18.7.